The van der Waals surface area contributed by atoms with E-state index < -0.39 is 18.1 Å². The number of carbonyl (C=O) groups excluding carboxylic acids is 2. The highest BCUT2D eigenvalue weighted by Crippen LogP contribution is 2.28. The number of esters is 2. The molecule has 0 aromatic heterocycles. The topological polar surface area (TPSA) is 52.6 Å². The van der Waals surface area contributed by atoms with Crippen LogP contribution in [0, 0.1) is 0 Å². The van der Waals surface area contributed by atoms with Gasteiger partial charge in [-0.3, -0.25) is 0 Å². The molecule has 19 heavy (non-hydrogen) atoms. The Morgan fingerprint density at radius 1 is 1.37 bits per heavy atom. The number of benzene rings is 1. The monoisotopic (exact) mass is 266 g/mol. The zero-order valence-electron chi connectivity index (χ0n) is 10.8. The predicted molar refractivity (Wildman–Crippen MR) is 67.4 cm³/mol. The van der Waals surface area contributed by atoms with Gasteiger partial charge >= 0.3 is 11.9 Å². The van der Waals surface area contributed by atoms with Crippen molar-refractivity contribution < 1.29 is 23.5 Å². The molecule has 0 spiro atoms. The summed E-state index contributed by atoms with van der Waals surface area (Å²) in [5, 5.41) is 0. The summed E-state index contributed by atoms with van der Waals surface area (Å²) in [7, 11) is 1.20. The Balaban J connectivity index is 3.06. The summed E-state index contributed by atoms with van der Waals surface area (Å²) < 4.78 is 23.5. The molecule has 1 aromatic rings. The third-order valence-electron chi connectivity index (χ3n) is 2.48. The molecule has 0 aliphatic heterocycles. The normalized spacial score (nSPS) is 11.5. The lowest BCUT2D eigenvalue weighted by atomic mass is 9.98. The van der Waals surface area contributed by atoms with E-state index in [9.17, 15) is 14.0 Å². The summed E-state index contributed by atoms with van der Waals surface area (Å²) in [5.74, 6) is -1.50. The van der Waals surface area contributed by atoms with Crippen LogP contribution < -0.4 is 0 Å². The fourth-order valence-electron chi connectivity index (χ4n) is 1.53. The van der Waals surface area contributed by atoms with Crippen LogP contribution in [0.25, 0.3) is 0 Å². The quantitative estimate of drug-likeness (QED) is 0.607. The van der Waals surface area contributed by atoms with Crippen molar-refractivity contribution in [1.29, 1.82) is 0 Å². The van der Waals surface area contributed by atoms with Crippen molar-refractivity contribution in [2.75, 3.05) is 13.7 Å². The van der Waals surface area contributed by atoms with Crippen LogP contribution in [-0.2, 0) is 14.3 Å². The average Bonchev–Trinajstić information content (AvgIpc) is 2.45. The van der Waals surface area contributed by atoms with Gasteiger partial charge < -0.3 is 9.47 Å². The fraction of sp³-hybridized carbons (Fsp3) is 0.286. The molecule has 0 fully saturated rings. The van der Waals surface area contributed by atoms with E-state index in [0.29, 0.717) is 0 Å². The smallest absolute Gasteiger partial charge is 0.338 e. The van der Waals surface area contributed by atoms with Crippen LogP contribution in [0.3, 0.4) is 0 Å². The van der Waals surface area contributed by atoms with Crippen molar-refractivity contribution in [2.24, 2.45) is 0 Å². The van der Waals surface area contributed by atoms with Crippen LogP contribution in [0.2, 0.25) is 0 Å². The molecule has 0 amide bonds. The number of methoxy groups -OCH3 is 1. The summed E-state index contributed by atoms with van der Waals surface area (Å²) >= 11 is 0. The average molecular weight is 266 g/mol. The first-order chi connectivity index (χ1) is 9.02. The molecule has 0 heterocycles. The van der Waals surface area contributed by atoms with E-state index in [1.54, 1.807) is 19.1 Å². The van der Waals surface area contributed by atoms with Crippen molar-refractivity contribution in [3.63, 3.8) is 0 Å². The maximum atomic E-state index is 14.3. The van der Waals surface area contributed by atoms with Crippen LogP contribution in [0.5, 0.6) is 0 Å². The van der Waals surface area contributed by atoms with Gasteiger partial charge in [0.2, 0.25) is 0 Å². The van der Waals surface area contributed by atoms with Gasteiger partial charge in [0.1, 0.15) is 0 Å². The maximum absolute atomic E-state index is 14.3. The Morgan fingerprint density at radius 2 is 2.00 bits per heavy atom. The van der Waals surface area contributed by atoms with Gasteiger partial charge in [0.15, 0.2) is 6.17 Å². The minimum atomic E-state index is -1.81. The molecule has 0 radical (unpaired) electrons. The lowest BCUT2D eigenvalue weighted by molar-refractivity contribution is -0.139. The minimum Gasteiger partial charge on any atom is -0.465 e. The Bertz CT molecular complexity index is 496. The van der Waals surface area contributed by atoms with Crippen LogP contribution in [0.4, 0.5) is 4.39 Å². The molecular weight excluding hydrogens is 251 g/mol. The molecule has 0 aliphatic carbocycles. The molecule has 0 aliphatic rings. The summed E-state index contributed by atoms with van der Waals surface area (Å²) in [4.78, 5) is 23.0. The second-order valence-electron chi connectivity index (χ2n) is 3.69. The van der Waals surface area contributed by atoms with Crippen LogP contribution >= 0.6 is 0 Å². The molecule has 4 nitrogen and oxygen atoms in total. The molecule has 1 atom stereocenters. The van der Waals surface area contributed by atoms with Gasteiger partial charge in [-0.25, -0.2) is 14.0 Å². The van der Waals surface area contributed by atoms with Crippen molar-refractivity contribution in [1.82, 2.24) is 0 Å². The van der Waals surface area contributed by atoms with Crippen molar-refractivity contribution in [3.05, 3.63) is 47.5 Å². The summed E-state index contributed by atoms with van der Waals surface area (Å²) in [6.07, 6.45) is -1.81. The number of ether oxygens (including phenoxy) is 2. The summed E-state index contributed by atoms with van der Waals surface area (Å²) in [6, 6.07) is 5.97. The maximum Gasteiger partial charge on any atom is 0.338 e. The third-order valence-corrected chi connectivity index (χ3v) is 2.48. The number of hydrogen-bond acceptors (Lipinski definition) is 4. The van der Waals surface area contributed by atoms with Gasteiger partial charge in [-0.15, -0.1) is 0 Å². The molecule has 5 heteroatoms. The van der Waals surface area contributed by atoms with E-state index in [-0.39, 0.29) is 23.3 Å². The van der Waals surface area contributed by atoms with Crippen molar-refractivity contribution >= 4 is 11.9 Å². The Morgan fingerprint density at radius 3 is 2.58 bits per heavy atom. The van der Waals surface area contributed by atoms with Gasteiger partial charge in [-0.2, -0.15) is 0 Å². The highest BCUT2D eigenvalue weighted by molar-refractivity contribution is 5.93. The third kappa shape index (κ3) is 3.40. The van der Waals surface area contributed by atoms with Crippen LogP contribution in [0.1, 0.15) is 29.0 Å². The summed E-state index contributed by atoms with van der Waals surface area (Å²) in [5.41, 5.74) is -0.256. The van der Waals surface area contributed by atoms with Gasteiger partial charge in [0.05, 0.1) is 24.9 Å². The first-order valence-corrected chi connectivity index (χ1v) is 5.70. The van der Waals surface area contributed by atoms with Crippen LogP contribution in [-0.4, -0.2) is 25.7 Å². The van der Waals surface area contributed by atoms with E-state index in [1.165, 1.54) is 19.2 Å². The predicted octanol–water partition coefficient (Wildman–Crippen LogP) is 2.60. The van der Waals surface area contributed by atoms with Crippen molar-refractivity contribution in [2.45, 2.75) is 13.1 Å². The minimum absolute atomic E-state index is 0.0346. The molecule has 102 valence electrons. The molecule has 0 bridgehead atoms. The van der Waals surface area contributed by atoms with Gasteiger partial charge in [0, 0.05) is 5.56 Å². The zero-order valence-corrected chi connectivity index (χ0v) is 10.8. The Kier molecular flexibility index (Phi) is 5.23. The molecule has 1 unspecified atom stereocenters. The highest BCUT2D eigenvalue weighted by Gasteiger charge is 2.25. The number of halogens is 1. The summed E-state index contributed by atoms with van der Waals surface area (Å²) in [6.45, 7) is 5.11. The van der Waals surface area contributed by atoms with E-state index in [4.69, 9.17) is 0 Å². The molecular formula is C14H15FO4. The molecule has 0 saturated heterocycles. The van der Waals surface area contributed by atoms with E-state index in [0.717, 1.165) is 0 Å². The molecule has 0 N–H and O–H groups in total. The number of carbonyl (C=O) groups is 2. The zero-order chi connectivity index (χ0) is 14.4. The molecule has 1 rings (SSSR count). The van der Waals surface area contributed by atoms with Crippen LogP contribution in [0.15, 0.2) is 36.4 Å². The lowest BCUT2D eigenvalue weighted by Crippen LogP contribution is -2.14. The van der Waals surface area contributed by atoms with Gasteiger partial charge in [-0.1, -0.05) is 24.8 Å². The first-order valence-electron chi connectivity index (χ1n) is 5.70. The van der Waals surface area contributed by atoms with E-state index in [1.807, 2.05) is 0 Å². The number of hydrogen-bond donors (Lipinski definition) is 0. The van der Waals surface area contributed by atoms with E-state index in [2.05, 4.69) is 16.1 Å². The fourth-order valence-corrected chi connectivity index (χ4v) is 1.53. The highest BCUT2D eigenvalue weighted by atomic mass is 19.1. The Hall–Kier alpha value is -2.17. The number of alkyl halides is 1. The second kappa shape index (κ2) is 6.68. The SMILES string of the molecule is C=C(C(=O)OCC)C(F)c1ccccc1C(=O)OC. The Labute approximate surface area is 110 Å². The molecule has 1 aromatic carbocycles. The van der Waals surface area contributed by atoms with Gasteiger partial charge in [0.25, 0.3) is 0 Å². The second-order valence-corrected chi connectivity index (χ2v) is 3.69. The van der Waals surface area contributed by atoms with Gasteiger partial charge in [-0.05, 0) is 13.0 Å². The largest absolute Gasteiger partial charge is 0.465 e. The van der Waals surface area contributed by atoms with Crippen molar-refractivity contribution in [3.8, 4) is 0 Å². The van der Waals surface area contributed by atoms with E-state index >= 15 is 0 Å². The lowest BCUT2D eigenvalue weighted by Gasteiger charge is -2.13. The standard InChI is InChI=1S/C14H15FO4/c1-4-19-13(16)9(2)12(15)10-7-5-6-8-11(10)14(17)18-3/h5-8,12H,2,4H2,1,3H3. The number of rotatable bonds is 5. The first kappa shape index (κ1) is 14.9. The molecule has 0 saturated carbocycles.